The minimum absolute atomic E-state index is 0.0882. The first-order chi connectivity index (χ1) is 16.8. The van der Waals surface area contributed by atoms with Crippen molar-refractivity contribution in [2.24, 2.45) is 5.92 Å². The standard InChI is InChI=1S/C26H32ClN3O5/c1-4-11-35-26(33)29-9-10-30(16(2)15-29)25(32)18-6-7-19-22(14-18)28-21-8-5-17(13-23(31)34-3)12-20(21)24(19)27/h6-7,14,16-17H,4-5,8-13,15H2,1-3H3/t16-,17?/m0/s1. The summed E-state index contributed by atoms with van der Waals surface area (Å²) in [7, 11) is 1.40. The zero-order chi connectivity index (χ0) is 25.1. The van der Waals surface area contributed by atoms with Gasteiger partial charge in [-0.15, -0.1) is 0 Å². The Morgan fingerprint density at radius 3 is 2.74 bits per heavy atom. The number of aryl methyl sites for hydroxylation is 1. The summed E-state index contributed by atoms with van der Waals surface area (Å²) in [6, 6.07) is 5.31. The van der Waals surface area contributed by atoms with Crippen molar-refractivity contribution in [1.29, 1.82) is 0 Å². The highest BCUT2D eigenvalue weighted by Gasteiger charge is 2.31. The summed E-state index contributed by atoms with van der Waals surface area (Å²) in [5.74, 6) is -0.110. The van der Waals surface area contributed by atoms with Gasteiger partial charge in [-0.3, -0.25) is 14.6 Å². The van der Waals surface area contributed by atoms with E-state index in [9.17, 15) is 14.4 Å². The number of ether oxygens (including phenoxy) is 2. The molecule has 2 aliphatic rings. The second-order valence-corrected chi connectivity index (χ2v) is 9.76. The van der Waals surface area contributed by atoms with E-state index in [1.165, 1.54) is 7.11 Å². The van der Waals surface area contributed by atoms with E-state index in [1.54, 1.807) is 21.9 Å². The Hall–Kier alpha value is -2.87. The van der Waals surface area contributed by atoms with Crippen molar-refractivity contribution in [3.63, 3.8) is 0 Å². The van der Waals surface area contributed by atoms with E-state index >= 15 is 0 Å². The third-order valence-electron chi connectivity index (χ3n) is 6.89. The SMILES string of the molecule is CCCOC(=O)N1CCN(C(=O)c2ccc3c(Cl)c4c(nc3c2)CCC(CC(=O)OC)C4)[C@@H](C)C1. The summed E-state index contributed by atoms with van der Waals surface area (Å²) in [4.78, 5) is 45.5. The summed E-state index contributed by atoms with van der Waals surface area (Å²) in [6.07, 6.45) is 3.09. The molecule has 0 saturated carbocycles. The monoisotopic (exact) mass is 501 g/mol. The summed E-state index contributed by atoms with van der Waals surface area (Å²) < 4.78 is 10.1. The number of aromatic nitrogens is 1. The highest BCUT2D eigenvalue weighted by atomic mass is 35.5. The number of piperazine rings is 1. The number of halogens is 1. The quantitative estimate of drug-likeness (QED) is 0.569. The number of rotatable bonds is 5. The van der Waals surface area contributed by atoms with E-state index in [1.807, 2.05) is 19.9 Å². The number of pyridine rings is 1. The lowest BCUT2D eigenvalue weighted by Gasteiger charge is -2.39. The Morgan fingerprint density at radius 1 is 1.23 bits per heavy atom. The first-order valence-electron chi connectivity index (χ1n) is 12.2. The van der Waals surface area contributed by atoms with Crippen LogP contribution in [0.2, 0.25) is 5.02 Å². The predicted molar refractivity (Wildman–Crippen MR) is 133 cm³/mol. The van der Waals surface area contributed by atoms with Gasteiger partial charge in [-0.1, -0.05) is 24.6 Å². The molecule has 0 N–H and O–H groups in total. The lowest BCUT2D eigenvalue weighted by atomic mass is 9.84. The van der Waals surface area contributed by atoms with E-state index in [2.05, 4.69) is 0 Å². The minimum Gasteiger partial charge on any atom is -0.469 e. The third-order valence-corrected chi connectivity index (χ3v) is 7.32. The fraction of sp³-hybridized carbons (Fsp3) is 0.538. The number of carbonyl (C=O) groups is 3. The number of fused-ring (bicyclic) bond motifs is 2. The van der Waals surface area contributed by atoms with Crippen LogP contribution in [-0.4, -0.2) is 72.1 Å². The number of amides is 2. The fourth-order valence-corrected chi connectivity index (χ4v) is 5.30. The topological polar surface area (TPSA) is 89.0 Å². The number of hydrogen-bond donors (Lipinski definition) is 0. The number of benzene rings is 1. The molecule has 1 aromatic heterocycles. The van der Waals surface area contributed by atoms with Crippen LogP contribution in [0.1, 0.15) is 54.7 Å². The summed E-state index contributed by atoms with van der Waals surface area (Å²) in [5, 5.41) is 1.45. The van der Waals surface area contributed by atoms with Crippen molar-refractivity contribution in [3.8, 4) is 0 Å². The molecule has 1 aliphatic carbocycles. The lowest BCUT2D eigenvalue weighted by Crippen LogP contribution is -2.55. The Labute approximate surface area is 210 Å². The summed E-state index contributed by atoms with van der Waals surface area (Å²) >= 11 is 6.78. The predicted octanol–water partition coefficient (Wildman–Crippen LogP) is 4.25. The summed E-state index contributed by atoms with van der Waals surface area (Å²) in [5.41, 5.74) is 3.16. The lowest BCUT2D eigenvalue weighted by molar-refractivity contribution is -0.141. The van der Waals surface area contributed by atoms with Gasteiger partial charge >= 0.3 is 12.1 Å². The van der Waals surface area contributed by atoms with Gasteiger partial charge in [-0.25, -0.2) is 4.79 Å². The zero-order valence-electron chi connectivity index (χ0n) is 20.5. The molecular formula is C26H32ClN3O5. The first-order valence-corrected chi connectivity index (χ1v) is 12.6. The van der Waals surface area contributed by atoms with Crippen LogP contribution in [0.3, 0.4) is 0 Å². The van der Waals surface area contributed by atoms with Gasteiger partial charge in [0.1, 0.15) is 0 Å². The second kappa shape index (κ2) is 10.8. The number of esters is 1. The molecule has 1 aliphatic heterocycles. The molecule has 9 heteroatoms. The van der Waals surface area contributed by atoms with Gasteiger partial charge in [0.05, 0.1) is 24.3 Å². The first kappa shape index (κ1) is 25.2. The van der Waals surface area contributed by atoms with Crippen LogP contribution < -0.4 is 0 Å². The van der Waals surface area contributed by atoms with Gasteiger partial charge in [-0.2, -0.15) is 0 Å². The van der Waals surface area contributed by atoms with Gasteiger partial charge < -0.3 is 19.3 Å². The van der Waals surface area contributed by atoms with Crippen LogP contribution in [0.15, 0.2) is 18.2 Å². The zero-order valence-corrected chi connectivity index (χ0v) is 21.3. The van der Waals surface area contributed by atoms with E-state index < -0.39 is 0 Å². The molecule has 35 heavy (non-hydrogen) atoms. The van der Waals surface area contributed by atoms with Crippen LogP contribution in [-0.2, 0) is 27.1 Å². The van der Waals surface area contributed by atoms with E-state index in [4.69, 9.17) is 26.1 Å². The average Bonchev–Trinajstić information content (AvgIpc) is 2.86. The van der Waals surface area contributed by atoms with Gasteiger partial charge in [0.25, 0.3) is 5.91 Å². The molecule has 0 radical (unpaired) electrons. The van der Waals surface area contributed by atoms with Gasteiger partial charge in [-0.05, 0) is 56.2 Å². The highest BCUT2D eigenvalue weighted by molar-refractivity contribution is 6.36. The van der Waals surface area contributed by atoms with E-state index in [0.29, 0.717) is 55.2 Å². The molecule has 1 saturated heterocycles. The Balaban J connectivity index is 1.50. The maximum atomic E-state index is 13.3. The number of carbonyl (C=O) groups excluding carboxylic acids is 3. The van der Waals surface area contributed by atoms with Crippen LogP contribution in [0, 0.1) is 5.92 Å². The molecule has 2 heterocycles. The van der Waals surface area contributed by atoms with Crippen molar-refractivity contribution < 1.29 is 23.9 Å². The van der Waals surface area contributed by atoms with Crippen molar-refractivity contribution >= 4 is 40.5 Å². The molecule has 1 unspecified atom stereocenters. The van der Waals surface area contributed by atoms with Gasteiger partial charge in [0.15, 0.2) is 0 Å². The Morgan fingerprint density at radius 2 is 2.03 bits per heavy atom. The molecule has 4 rings (SSSR count). The smallest absolute Gasteiger partial charge is 0.409 e. The Bertz CT molecular complexity index is 1140. The van der Waals surface area contributed by atoms with Crippen LogP contribution in [0.4, 0.5) is 4.79 Å². The minimum atomic E-state index is -0.325. The van der Waals surface area contributed by atoms with E-state index in [-0.39, 0.29) is 29.9 Å². The maximum Gasteiger partial charge on any atom is 0.409 e. The molecule has 1 aromatic carbocycles. The van der Waals surface area contributed by atoms with Gasteiger partial charge in [0, 0.05) is 48.7 Å². The second-order valence-electron chi connectivity index (χ2n) is 9.38. The highest BCUT2D eigenvalue weighted by Crippen LogP contribution is 2.36. The third kappa shape index (κ3) is 5.37. The normalized spacial score (nSPS) is 19.9. The van der Waals surface area contributed by atoms with Gasteiger partial charge in [0.2, 0.25) is 0 Å². The fourth-order valence-electron chi connectivity index (χ4n) is 4.96. The van der Waals surface area contributed by atoms with Crippen molar-refractivity contribution in [2.75, 3.05) is 33.4 Å². The number of methoxy groups -OCH3 is 1. The molecular weight excluding hydrogens is 470 g/mol. The number of hydrogen-bond acceptors (Lipinski definition) is 6. The molecule has 8 nitrogen and oxygen atoms in total. The largest absolute Gasteiger partial charge is 0.469 e. The van der Waals surface area contributed by atoms with Crippen LogP contribution >= 0.6 is 11.6 Å². The molecule has 0 spiro atoms. The van der Waals surface area contributed by atoms with Crippen molar-refractivity contribution in [3.05, 3.63) is 40.0 Å². The Kier molecular flexibility index (Phi) is 7.79. The molecule has 0 bridgehead atoms. The van der Waals surface area contributed by atoms with E-state index in [0.717, 1.165) is 35.9 Å². The van der Waals surface area contributed by atoms with Crippen LogP contribution in [0.25, 0.3) is 10.9 Å². The van der Waals surface area contributed by atoms with Crippen molar-refractivity contribution in [2.45, 2.75) is 52.0 Å². The molecule has 2 atom stereocenters. The maximum absolute atomic E-state index is 13.3. The van der Waals surface area contributed by atoms with Crippen LogP contribution in [0.5, 0.6) is 0 Å². The molecule has 1 fully saturated rings. The number of nitrogens with zero attached hydrogens (tertiary/aromatic N) is 3. The van der Waals surface area contributed by atoms with Crippen molar-refractivity contribution in [1.82, 2.24) is 14.8 Å². The molecule has 2 aromatic rings. The summed E-state index contributed by atoms with van der Waals surface area (Å²) in [6.45, 7) is 5.61. The molecule has 188 valence electrons. The molecule has 2 amide bonds. The average molecular weight is 502 g/mol.